The van der Waals surface area contributed by atoms with Gasteiger partial charge in [0.1, 0.15) is 6.04 Å². The summed E-state index contributed by atoms with van der Waals surface area (Å²) in [7, 11) is 0. The smallest absolute Gasteiger partial charge is 0.258 e. The molecule has 2 N–H and O–H groups in total. The second-order valence-electron chi connectivity index (χ2n) is 7.27. The number of amides is 2. The molecule has 7 heteroatoms. The van der Waals surface area contributed by atoms with Crippen molar-refractivity contribution in [3.8, 4) is 0 Å². The van der Waals surface area contributed by atoms with E-state index in [4.69, 9.17) is 12.2 Å². The van der Waals surface area contributed by atoms with Gasteiger partial charge in [0, 0.05) is 5.69 Å². The van der Waals surface area contributed by atoms with Gasteiger partial charge in [-0.25, -0.2) is 5.01 Å². The van der Waals surface area contributed by atoms with Gasteiger partial charge in [-0.2, -0.15) is 0 Å². The number of nitrogens with one attached hydrogen (secondary N) is 2. The van der Waals surface area contributed by atoms with Gasteiger partial charge in [0.2, 0.25) is 11.0 Å². The Bertz CT molecular complexity index is 1090. The van der Waals surface area contributed by atoms with E-state index in [1.54, 1.807) is 5.01 Å². The molecule has 0 spiro atoms. The first-order valence-corrected chi connectivity index (χ1v) is 10.3. The fraction of sp³-hybridized carbons (Fsp3) is 0.125. The first kappa shape index (κ1) is 20.6. The quantitative estimate of drug-likeness (QED) is 0.569. The Morgan fingerprint density at radius 1 is 0.903 bits per heavy atom. The highest BCUT2D eigenvalue weighted by Crippen LogP contribution is 2.28. The first-order valence-electron chi connectivity index (χ1n) is 9.93. The number of thiocarbonyl (C=S) groups is 1. The molecule has 1 fully saturated rings. The van der Waals surface area contributed by atoms with Crippen LogP contribution >= 0.6 is 12.2 Å². The number of benzene rings is 3. The molecule has 1 aliphatic rings. The summed E-state index contributed by atoms with van der Waals surface area (Å²) >= 11 is 5.63. The lowest BCUT2D eigenvalue weighted by Crippen LogP contribution is -2.41. The summed E-state index contributed by atoms with van der Waals surface area (Å²) < 4.78 is 0. The maximum absolute atomic E-state index is 13.3. The number of hydrazine groups is 1. The Kier molecular flexibility index (Phi) is 5.95. The highest BCUT2D eigenvalue weighted by atomic mass is 32.1. The number of hydrogen-bond acceptors (Lipinski definition) is 4. The molecule has 156 valence electrons. The SMILES string of the molecule is Cc1ccc(NC(=O)CC2C(=O)N(c3ccccc3)C(=S)N2Nc2ccccc2)cc1. The zero-order valence-electron chi connectivity index (χ0n) is 17.0. The number of nitrogens with zero attached hydrogens (tertiary/aromatic N) is 2. The van der Waals surface area contributed by atoms with Gasteiger partial charge in [0.15, 0.2) is 0 Å². The van der Waals surface area contributed by atoms with Crippen LogP contribution < -0.4 is 15.6 Å². The standard InChI is InChI=1S/C24H22N4O2S/c1-17-12-14-18(15-13-17)25-22(29)16-21-23(30)27(20-10-6-3-7-11-20)24(31)28(21)26-19-8-4-2-5-9-19/h2-15,21,26H,16H2,1H3,(H,25,29). The van der Waals surface area contributed by atoms with E-state index in [-0.39, 0.29) is 18.2 Å². The van der Waals surface area contributed by atoms with E-state index < -0.39 is 6.04 Å². The first-order chi connectivity index (χ1) is 15.0. The summed E-state index contributed by atoms with van der Waals surface area (Å²) in [5.74, 6) is -0.515. The molecular formula is C24H22N4O2S. The average Bonchev–Trinajstić information content (AvgIpc) is 3.00. The Balaban J connectivity index is 1.58. The van der Waals surface area contributed by atoms with Crippen molar-refractivity contribution in [2.24, 2.45) is 0 Å². The van der Waals surface area contributed by atoms with Gasteiger partial charge in [0.05, 0.1) is 17.8 Å². The van der Waals surface area contributed by atoms with Crippen molar-refractivity contribution in [2.45, 2.75) is 19.4 Å². The normalized spacial score (nSPS) is 15.8. The van der Waals surface area contributed by atoms with Crippen LogP contribution in [-0.4, -0.2) is 28.0 Å². The fourth-order valence-corrected chi connectivity index (χ4v) is 3.76. The summed E-state index contributed by atoms with van der Waals surface area (Å²) in [5.41, 5.74) is 6.43. The molecule has 0 radical (unpaired) electrons. The highest BCUT2D eigenvalue weighted by Gasteiger charge is 2.44. The van der Waals surface area contributed by atoms with Gasteiger partial charge in [-0.05, 0) is 55.5 Å². The van der Waals surface area contributed by atoms with Crippen LogP contribution in [0.4, 0.5) is 17.1 Å². The zero-order chi connectivity index (χ0) is 21.8. The van der Waals surface area contributed by atoms with E-state index in [2.05, 4.69) is 10.7 Å². The molecule has 0 aromatic heterocycles. The van der Waals surface area contributed by atoms with Crippen molar-refractivity contribution in [1.29, 1.82) is 0 Å². The summed E-state index contributed by atoms with van der Waals surface area (Å²) in [6.07, 6.45) is -0.0456. The minimum absolute atomic E-state index is 0.0456. The van der Waals surface area contributed by atoms with Crippen LogP contribution in [0.1, 0.15) is 12.0 Å². The van der Waals surface area contributed by atoms with Crippen LogP contribution in [0, 0.1) is 6.92 Å². The van der Waals surface area contributed by atoms with E-state index in [9.17, 15) is 9.59 Å². The molecule has 4 rings (SSSR count). The Hall–Kier alpha value is -3.71. The number of aryl methyl sites for hydroxylation is 1. The van der Waals surface area contributed by atoms with Gasteiger partial charge < -0.3 is 5.32 Å². The van der Waals surface area contributed by atoms with Crippen LogP contribution in [0.3, 0.4) is 0 Å². The molecule has 1 saturated heterocycles. The van der Waals surface area contributed by atoms with Crippen LogP contribution in [0.5, 0.6) is 0 Å². The van der Waals surface area contributed by atoms with E-state index >= 15 is 0 Å². The van der Waals surface area contributed by atoms with Crippen LogP contribution in [0.25, 0.3) is 0 Å². The van der Waals surface area contributed by atoms with Gasteiger partial charge in [-0.15, -0.1) is 0 Å². The third kappa shape index (κ3) is 4.57. The maximum Gasteiger partial charge on any atom is 0.258 e. The molecule has 1 unspecified atom stereocenters. The van der Waals surface area contributed by atoms with E-state index in [0.717, 1.165) is 11.3 Å². The van der Waals surface area contributed by atoms with Crippen LogP contribution in [0.2, 0.25) is 0 Å². The van der Waals surface area contributed by atoms with Crippen molar-refractivity contribution < 1.29 is 9.59 Å². The molecule has 2 amide bonds. The van der Waals surface area contributed by atoms with Gasteiger partial charge in [-0.3, -0.25) is 19.9 Å². The van der Waals surface area contributed by atoms with Crippen molar-refractivity contribution in [2.75, 3.05) is 15.6 Å². The predicted molar refractivity (Wildman–Crippen MR) is 127 cm³/mol. The number of rotatable bonds is 6. The second-order valence-corrected chi connectivity index (χ2v) is 7.64. The molecular weight excluding hydrogens is 408 g/mol. The molecule has 0 bridgehead atoms. The van der Waals surface area contributed by atoms with Crippen molar-refractivity contribution in [1.82, 2.24) is 5.01 Å². The molecule has 31 heavy (non-hydrogen) atoms. The Morgan fingerprint density at radius 3 is 2.16 bits per heavy atom. The van der Waals surface area contributed by atoms with E-state index in [0.29, 0.717) is 16.5 Å². The second kappa shape index (κ2) is 8.97. The fourth-order valence-electron chi connectivity index (χ4n) is 3.39. The summed E-state index contributed by atoms with van der Waals surface area (Å²) in [4.78, 5) is 27.6. The molecule has 1 heterocycles. The number of carbonyl (C=O) groups excluding carboxylic acids is 2. The molecule has 6 nitrogen and oxygen atoms in total. The largest absolute Gasteiger partial charge is 0.326 e. The van der Waals surface area contributed by atoms with E-state index in [1.807, 2.05) is 91.9 Å². The third-order valence-electron chi connectivity index (χ3n) is 4.97. The molecule has 0 aliphatic carbocycles. The van der Waals surface area contributed by atoms with E-state index in [1.165, 1.54) is 4.90 Å². The van der Waals surface area contributed by atoms with Gasteiger partial charge >= 0.3 is 0 Å². The minimum Gasteiger partial charge on any atom is -0.326 e. The lowest BCUT2D eigenvalue weighted by molar-refractivity contribution is -0.124. The summed E-state index contributed by atoms with van der Waals surface area (Å²) in [6.45, 7) is 1.98. The van der Waals surface area contributed by atoms with Crippen LogP contribution in [0.15, 0.2) is 84.9 Å². The number of hydrogen-bond donors (Lipinski definition) is 2. The lowest BCUT2D eigenvalue weighted by Gasteiger charge is -2.25. The minimum atomic E-state index is -0.779. The monoisotopic (exact) mass is 430 g/mol. The maximum atomic E-state index is 13.3. The summed E-state index contributed by atoms with van der Waals surface area (Å²) in [6, 6.07) is 25.4. The lowest BCUT2D eigenvalue weighted by atomic mass is 10.1. The van der Waals surface area contributed by atoms with Crippen molar-refractivity contribution >= 4 is 46.2 Å². The van der Waals surface area contributed by atoms with Crippen molar-refractivity contribution in [3.63, 3.8) is 0 Å². The van der Waals surface area contributed by atoms with Gasteiger partial charge in [-0.1, -0.05) is 54.1 Å². The zero-order valence-corrected chi connectivity index (χ0v) is 17.8. The predicted octanol–water partition coefficient (Wildman–Crippen LogP) is 4.35. The highest BCUT2D eigenvalue weighted by molar-refractivity contribution is 7.80. The van der Waals surface area contributed by atoms with Crippen LogP contribution in [-0.2, 0) is 9.59 Å². The molecule has 3 aromatic rings. The number of para-hydroxylation sites is 2. The van der Waals surface area contributed by atoms with Gasteiger partial charge in [0.25, 0.3) is 5.91 Å². The topological polar surface area (TPSA) is 64.7 Å². The average molecular weight is 431 g/mol. The number of carbonyl (C=O) groups is 2. The molecule has 0 saturated carbocycles. The number of anilines is 3. The Morgan fingerprint density at radius 2 is 1.52 bits per heavy atom. The Labute approximate surface area is 186 Å². The summed E-state index contributed by atoms with van der Waals surface area (Å²) in [5, 5.41) is 4.75. The third-order valence-corrected chi connectivity index (χ3v) is 5.35. The molecule has 1 atom stereocenters. The van der Waals surface area contributed by atoms with Crippen molar-refractivity contribution in [3.05, 3.63) is 90.5 Å². The molecule has 1 aliphatic heterocycles. The molecule has 3 aromatic carbocycles.